The van der Waals surface area contributed by atoms with Gasteiger partial charge < -0.3 is 15.0 Å². The zero-order valence-corrected chi connectivity index (χ0v) is 20.9. The van der Waals surface area contributed by atoms with Crippen molar-refractivity contribution in [2.24, 2.45) is 0 Å². The van der Waals surface area contributed by atoms with Crippen LogP contribution in [0.1, 0.15) is 51.9 Å². The summed E-state index contributed by atoms with van der Waals surface area (Å²) in [5, 5.41) is 7.47. The summed E-state index contributed by atoms with van der Waals surface area (Å²) in [6, 6.07) is 11.5. The molecule has 35 heavy (non-hydrogen) atoms. The summed E-state index contributed by atoms with van der Waals surface area (Å²) in [4.78, 5) is 32.2. The first-order chi connectivity index (χ1) is 16.9. The van der Waals surface area contributed by atoms with Gasteiger partial charge in [0, 0.05) is 57.3 Å². The van der Waals surface area contributed by atoms with Crippen molar-refractivity contribution in [3.8, 4) is 0 Å². The zero-order chi connectivity index (χ0) is 24.9. The molecule has 1 atom stereocenters. The molecule has 2 amide bonds. The first-order valence-electron chi connectivity index (χ1n) is 12.0. The fraction of sp³-hybridized carbons (Fsp3) is 0.407. The quantitative estimate of drug-likeness (QED) is 0.541. The predicted octanol–water partition coefficient (Wildman–Crippen LogP) is 3.18. The molecule has 0 radical (unpaired) electrons. The number of carbonyl (C=O) groups is 2. The van der Waals surface area contributed by atoms with E-state index in [0.717, 1.165) is 40.2 Å². The highest BCUT2D eigenvalue weighted by Crippen LogP contribution is 2.25. The Morgan fingerprint density at radius 3 is 2.63 bits per heavy atom. The number of nitrogens with one attached hydrogen (secondary N) is 1. The van der Waals surface area contributed by atoms with Crippen LogP contribution in [0.25, 0.3) is 0 Å². The number of amides is 2. The van der Waals surface area contributed by atoms with Crippen molar-refractivity contribution >= 4 is 11.8 Å². The zero-order valence-electron chi connectivity index (χ0n) is 20.9. The Morgan fingerprint density at radius 1 is 1.17 bits per heavy atom. The molecule has 4 rings (SSSR count). The van der Waals surface area contributed by atoms with Crippen LogP contribution in [0.2, 0.25) is 0 Å². The van der Waals surface area contributed by atoms with E-state index >= 15 is 0 Å². The minimum absolute atomic E-state index is 0.115. The second-order valence-corrected chi connectivity index (χ2v) is 9.04. The van der Waals surface area contributed by atoms with E-state index in [1.165, 1.54) is 12.7 Å². The molecule has 1 aromatic carbocycles. The van der Waals surface area contributed by atoms with Crippen molar-refractivity contribution in [1.82, 2.24) is 25.0 Å². The van der Waals surface area contributed by atoms with Crippen molar-refractivity contribution in [3.05, 3.63) is 81.9 Å². The highest BCUT2D eigenvalue weighted by molar-refractivity contribution is 5.82. The molecule has 8 nitrogen and oxygen atoms in total. The predicted molar refractivity (Wildman–Crippen MR) is 132 cm³/mol. The molecule has 0 fully saturated rings. The maximum atomic E-state index is 12.9. The van der Waals surface area contributed by atoms with Gasteiger partial charge in [-0.05, 0) is 55.5 Å². The SMILES string of the molecule is COC(C(=O)NCc1c(C)ncc2c1CCN(C(=O)CCn1nc(C)cc1C)C2)c1ccccc1. The summed E-state index contributed by atoms with van der Waals surface area (Å²) in [5.74, 6) is -0.0723. The first-order valence-corrected chi connectivity index (χ1v) is 12.0. The van der Waals surface area contributed by atoms with Crippen molar-refractivity contribution in [2.75, 3.05) is 13.7 Å². The van der Waals surface area contributed by atoms with Crippen LogP contribution < -0.4 is 5.32 Å². The average molecular weight is 476 g/mol. The van der Waals surface area contributed by atoms with Gasteiger partial charge in [0.1, 0.15) is 0 Å². The number of hydrogen-bond acceptors (Lipinski definition) is 5. The van der Waals surface area contributed by atoms with E-state index in [-0.39, 0.29) is 11.8 Å². The molecule has 1 aliphatic rings. The van der Waals surface area contributed by atoms with Crippen LogP contribution in [-0.2, 0) is 40.4 Å². The summed E-state index contributed by atoms with van der Waals surface area (Å²) in [7, 11) is 1.54. The molecule has 0 bridgehead atoms. The lowest BCUT2D eigenvalue weighted by Gasteiger charge is -2.31. The molecule has 1 unspecified atom stereocenters. The van der Waals surface area contributed by atoms with Crippen molar-refractivity contribution < 1.29 is 14.3 Å². The lowest BCUT2D eigenvalue weighted by molar-refractivity contribution is -0.132. The van der Waals surface area contributed by atoms with Crippen LogP contribution in [0.4, 0.5) is 0 Å². The number of fused-ring (bicyclic) bond motifs is 1. The van der Waals surface area contributed by atoms with Gasteiger partial charge >= 0.3 is 0 Å². The monoisotopic (exact) mass is 475 g/mol. The number of aromatic nitrogens is 3. The van der Waals surface area contributed by atoms with E-state index in [1.54, 1.807) is 0 Å². The third-order valence-corrected chi connectivity index (χ3v) is 6.60. The number of methoxy groups -OCH3 is 1. The number of aryl methyl sites for hydroxylation is 4. The maximum absolute atomic E-state index is 12.9. The first kappa shape index (κ1) is 24.6. The largest absolute Gasteiger partial charge is 0.367 e. The van der Waals surface area contributed by atoms with Gasteiger partial charge in [0.15, 0.2) is 6.10 Å². The van der Waals surface area contributed by atoms with Crippen molar-refractivity contribution in [1.29, 1.82) is 0 Å². The number of carbonyl (C=O) groups excluding carboxylic acids is 2. The van der Waals surface area contributed by atoms with Crippen LogP contribution in [0, 0.1) is 20.8 Å². The van der Waals surface area contributed by atoms with Crippen LogP contribution >= 0.6 is 0 Å². The third-order valence-electron chi connectivity index (χ3n) is 6.60. The van der Waals surface area contributed by atoms with Gasteiger partial charge in [0.2, 0.25) is 5.91 Å². The van der Waals surface area contributed by atoms with Crippen LogP contribution in [0.5, 0.6) is 0 Å². The molecule has 8 heteroatoms. The summed E-state index contributed by atoms with van der Waals surface area (Å²) in [5.41, 5.74) is 6.96. The fourth-order valence-electron chi connectivity index (χ4n) is 4.72. The molecule has 184 valence electrons. The number of rotatable bonds is 8. The molecule has 0 saturated heterocycles. The van der Waals surface area contributed by atoms with E-state index in [0.29, 0.717) is 32.6 Å². The highest BCUT2D eigenvalue weighted by atomic mass is 16.5. The highest BCUT2D eigenvalue weighted by Gasteiger charge is 2.25. The summed E-state index contributed by atoms with van der Waals surface area (Å²) < 4.78 is 7.34. The molecular formula is C27H33N5O3. The number of pyridine rings is 1. The van der Waals surface area contributed by atoms with Gasteiger partial charge in [0.05, 0.1) is 5.69 Å². The Labute approximate surface area is 206 Å². The standard InChI is InChI=1S/C27H33N5O3/c1-18-14-19(2)32(30-18)13-11-25(33)31-12-10-23-22(17-31)15-28-20(3)24(23)16-29-27(34)26(35-4)21-8-6-5-7-9-21/h5-9,14-15,26H,10-13,16-17H2,1-4H3,(H,29,34). The third kappa shape index (κ3) is 5.59. The van der Waals surface area contributed by atoms with E-state index in [9.17, 15) is 9.59 Å². The van der Waals surface area contributed by atoms with E-state index in [2.05, 4.69) is 15.4 Å². The normalized spacial score (nSPS) is 13.9. The molecule has 1 N–H and O–H groups in total. The van der Waals surface area contributed by atoms with Gasteiger partial charge in [-0.1, -0.05) is 30.3 Å². The number of hydrogen-bond donors (Lipinski definition) is 1. The lowest BCUT2D eigenvalue weighted by atomic mass is 9.94. The van der Waals surface area contributed by atoms with E-state index in [4.69, 9.17) is 4.74 Å². The number of nitrogens with zero attached hydrogens (tertiary/aromatic N) is 4. The topological polar surface area (TPSA) is 89.4 Å². The van der Waals surface area contributed by atoms with Gasteiger partial charge in [-0.25, -0.2) is 0 Å². The minimum Gasteiger partial charge on any atom is -0.367 e. The van der Waals surface area contributed by atoms with Crippen LogP contribution in [0.15, 0.2) is 42.6 Å². The summed E-state index contributed by atoms with van der Waals surface area (Å²) >= 11 is 0. The van der Waals surface area contributed by atoms with E-state index < -0.39 is 6.10 Å². The van der Waals surface area contributed by atoms with Gasteiger partial charge in [-0.3, -0.25) is 19.3 Å². The Hall–Kier alpha value is -3.52. The second kappa shape index (κ2) is 10.8. The van der Waals surface area contributed by atoms with Crippen LogP contribution in [0.3, 0.4) is 0 Å². The fourth-order valence-corrected chi connectivity index (χ4v) is 4.72. The Bertz CT molecular complexity index is 1210. The Morgan fingerprint density at radius 2 is 1.94 bits per heavy atom. The van der Waals surface area contributed by atoms with E-state index in [1.807, 2.05) is 72.9 Å². The molecule has 3 aromatic rings. The Balaban J connectivity index is 1.40. The Kier molecular flexibility index (Phi) is 7.60. The molecule has 0 aliphatic carbocycles. The molecule has 0 spiro atoms. The van der Waals surface area contributed by atoms with Crippen molar-refractivity contribution in [3.63, 3.8) is 0 Å². The molecule has 3 heterocycles. The number of ether oxygens (including phenoxy) is 1. The second-order valence-electron chi connectivity index (χ2n) is 9.04. The number of benzene rings is 1. The molecule has 0 saturated carbocycles. The van der Waals surface area contributed by atoms with Gasteiger partial charge in [-0.15, -0.1) is 0 Å². The average Bonchev–Trinajstić information content (AvgIpc) is 3.19. The van der Waals surface area contributed by atoms with Crippen molar-refractivity contribution in [2.45, 2.75) is 59.4 Å². The smallest absolute Gasteiger partial charge is 0.254 e. The maximum Gasteiger partial charge on any atom is 0.254 e. The summed E-state index contributed by atoms with van der Waals surface area (Å²) in [6.45, 7) is 8.05. The van der Waals surface area contributed by atoms with Gasteiger partial charge in [-0.2, -0.15) is 5.10 Å². The molecule has 2 aromatic heterocycles. The van der Waals surface area contributed by atoms with Gasteiger partial charge in [0.25, 0.3) is 5.91 Å². The molecule has 1 aliphatic heterocycles. The van der Waals surface area contributed by atoms with Crippen LogP contribution in [-0.4, -0.2) is 45.1 Å². The molecular weight excluding hydrogens is 442 g/mol. The minimum atomic E-state index is -0.667. The lowest BCUT2D eigenvalue weighted by Crippen LogP contribution is -2.37. The summed E-state index contributed by atoms with van der Waals surface area (Å²) in [6.07, 6.45) is 2.34.